The average Bonchev–Trinajstić information content (AvgIpc) is 2.44. The van der Waals surface area contributed by atoms with E-state index in [9.17, 15) is 0 Å². The van der Waals surface area contributed by atoms with Gasteiger partial charge in [-0.1, -0.05) is 38.7 Å². The molecule has 0 N–H and O–H groups in total. The number of hydrogen-bond acceptors (Lipinski definition) is 3. The molecule has 1 aliphatic heterocycles. The van der Waals surface area contributed by atoms with Crippen molar-refractivity contribution in [1.82, 2.24) is 0 Å². The van der Waals surface area contributed by atoms with E-state index in [1.165, 1.54) is 29.1 Å². The third kappa shape index (κ3) is 2.70. The topological polar surface area (TPSA) is 0 Å². The summed E-state index contributed by atoms with van der Waals surface area (Å²) in [5.41, 5.74) is 6.15. The molecule has 0 radical (unpaired) electrons. The highest BCUT2D eigenvalue weighted by Gasteiger charge is 2.55. The molecule has 110 valence electrons. The van der Waals surface area contributed by atoms with Crippen LogP contribution in [0.25, 0.3) is 0 Å². The number of hydrogen-bond donors (Lipinski definition) is 0. The molecule has 0 bridgehead atoms. The summed E-state index contributed by atoms with van der Waals surface area (Å²) in [6.45, 7) is 14.9. The van der Waals surface area contributed by atoms with Crippen molar-refractivity contribution in [2.24, 2.45) is 5.41 Å². The van der Waals surface area contributed by atoms with Crippen LogP contribution in [-0.4, -0.2) is 20.8 Å². The number of rotatable bonds is 3. The Balaban J connectivity index is 2.51. The summed E-state index contributed by atoms with van der Waals surface area (Å²) >= 11 is 6.23. The predicted molar refractivity (Wildman–Crippen MR) is 98.6 cm³/mol. The highest BCUT2D eigenvalue weighted by molar-refractivity contribution is 8.20. The quantitative estimate of drug-likeness (QED) is 0.594. The zero-order valence-electron chi connectivity index (χ0n) is 12.7. The fourth-order valence-corrected chi connectivity index (χ4v) is 8.79. The van der Waals surface area contributed by atoms with E-state index in [0.29, 0.717) is 5.25 Å². The summed E-state index contributed by atoms with van der Waals surface area (Å²) in [4.78, 5) is 0. The van der Waals surface area contributed by atoms with E-state index in [0.717, 1.165) is 6.42 Å². The monoisotopic (exact) mass is 324 g/mol. The molecular weight excluding hydrogens is 300 g/mol. The number of thioether (sulfide) groups is 3. The van der Waals surface area contributed by atoms with Crippen molar-refractivity contribution < 1.29 is 0 Å². The Bertz CT molecular complexity index is 461. The molecule has 1 saturated heterocycles. The van der Waals surface area contributed by atoms with Gasteiger partial charge in [-0.2, -0.15) is 0 Å². The van der Waals surface area contributed by atoms with Gasteiger partial charge in [-0.25, -0.2) is 0 Å². The minimum Gasteiger partial charge on any atom is -0.142 e. The van der Waals surface area contributed by atoms with Crippen molar-refractivity contribution in [3.05, 3.63) is 41.5 Å². The van der Waals surface area contributed by atoms with E-state index in [-0.39, 0.29) is 9.49 Å². The number of allylic oxidation sites excluding steroid dienone is 2. The zero-order chi connectivity index (χ0) is 14.8. The Morgan fingerprint density at radius 2 is 2.00 bits per heavy atom. The molecule has 3 heteroatoms. The third-order valence-corrected chi connectivity index (χ3v) is 9.98. The molecule has 1 fully saturated rings. The summed E-state index contributed by atoms with van der Waals surface area (Å²) in [5.74, 6) is 2.56. The van der Waals surface area contributed by atoms with Crippen molar-refractivity contribution in [3.8, 4) is 0 Å². The molecule has 0 amide bonds. The van der Waals surface area contributed by atoms with Crippen LogP contribution in [0, 0.1) is 5.41 Å². The first-order chi connectivity index (χ1) is 9.48. The smallest absolute Gasteiger partial charge is 0.0823 e. The van der Waals surface area contributed by atoms with Crippen LogP contribution in [0.5, 0.6) is 0 Å². The molecule has 0 aromatic heterocycles. The van der Waals surface area contributed by atoms with Crippen molar-refractivity contribution in [1.29, 1.82) is 0 Å². The van der Waals surface area contributed by atoms with Gasteiger partial charge in [0, 0.05) is 5.41 Å². The second-order valence-corrected chi connectivity index (χ2v) is 9.95. The van der Waals surface area contributed by atoms with Crippen molar-refractivity contribution in [2.45, 2.75) is 42.9 Å². The molecule has 1 atom stereocenters. The van der Waals surface area contributed by atoms with Crippen molar-refractivity contribution in [3.63, 3.8) is 0 Å². The molecule has 2 rings (SSSR count). The van der Waals surface area contributed by atoms with Gasteiger partial charge >= 0.3 is 0 Å². The van der Waals surface area contributed by atoms with Crippen molar-refractivity contribution >= 4 is 35.3 Å². The van der Waals surface area contributed by atoms with Gasteiger partial charge in [0.25, 0.3) is 0 Å². The molecule has 0 nitrogen and oxygen atoms in total. The van der Waals surface area contributed by atoms with Crippen LogP contribution < -0.4 is 0 Å². The standard InChI is InChI=1S/C17H24S3/c1-6-9-18-15-13(3)14(7-2)12-16(4,5)17(15)19-10-8-11-20-17/h7,9,15H,1-2,8,10-12H2,3-5H3. The van der Waals surface area contributed by atoms with Crippen LogP contribution in [0.15, 0.2) is 41.5 Å². The third-order valence-electron chi connectivity index (χ3n) is 4.28. The molecule has 0 aromatic carbocycles. The van der Waals surface area contributed by atoms with Crippen LogP contribution in [0.1, 0.15) is 33.6 Å². The van der Waals surface area contributed by atoms with Crippen molar-refractivity contribution in [2.75, 3.05) is 11.5 Å². The lowest BCUT2D eigenvalue weighted by atomic mass is 9.73. The Kier molecular flexibility index (Phi) is 5.29. The maximum absolute atomic E-state index is 4.03. The maximum Gasteiger partial charge on any atom is 0.0823 e. The summed E-state index contributed by atoms with van der Waals surface area (Å²) in [5, 5.41) is 2.53. The SMILES string of the molecule is C=C=CSC1C(C)=C(C=C)CC(C)(C)C12SCCCS2. The molecule has 0 aromatic rings. The van der Waals surface area contributed by atoms with Gasteiger partial charge in [0.1, 0.15) is 0 Å². The fourth-order valence-electron chi connectivity index (χ4n) is 3.18. The van der Waals surface area contributed by atoms with Crippen LogP contribution in [-0.2, 0) is 0 Å². The maximum atomic E-state index is 4.03. The minimum absolute atomic E-state index is 0.264. The molecule has 1 unspecified atom stereocenters. The Hall–Kier alpha value is 0.0500. The Morgan fingerprint density at radius 1 is 1.35 bits per heavy atom. The van der Waals surface area contributed by atoms with Gasteiger partial charge in [0.05, 0.1) is 9.33 Å². The zero-order valence-corrected chi connectivity index (χ0v) is 15.1. The lowest BCUT2D eigenvalue weighted by Gasteiger charge is -2.55. The van der Waals surface area contributed by atoms with E-state index >= 15 is 0 Å². The van der Waals surface area contributed by atoms with Gasteiger partial charge in [-0.3, -0.25) is 0 Å². The average molecular weight is 325 g/mol. The van der Waals surface area contributed by atoms with Gasteiger partial charge < -0.3 is 0 Å². The summed E-state index contributed by atoms with van der Waals surface area (Å²) in [6.07, 6.45) is 4.53. The largest absolute Gasteiger partial charge is 0.142 e. The van der Waals surface area contributed by atoms with E-state index in [1.807, 2.05) is 17.2 Å². The lowest BCUT2D eigenvalue weighted by Crippen LogP contribution is -2.52. The van der Waals surface area contributed by atoms with Gasteiger partial charge in [-0.15, -0.1) is 41.0 Å². The molecule has 20 heavy (non-hydrogen) atoms. The molecule has 1 heterocycles. The highest BCUT2D eigenvalue weighted by Crippen LogP contribution is 2.64. The van der Waals surface area contributed by atoms with Crippen LogP contribution in [0.2, 0.25) is 0 Å². The van der Waals surface area contributed by atoms with Gasteiger partial charge in [0.2, 0.25) is 0 Å². The molecule has 2 aliphatic rings. The molecule has 0 saturated carbocycles. The van der Waals surface area contributed by atoms with Gasteiger partial charge in [-0.05, 0) is 42.3 Å². The van der Waals surface area contributed by atoms with E-state index < -0.39 is 0 Å². The first-order valence-corrected chi connectivity index (χ1v) is 9.99. The van der Waals surface area contributed by atoms with E-state index in [4.69, 9.17) is 0 Å². The summed E-state index contributed by atoms with van der Waals surface area (Å²) < 4.78 is 0.264. The van der Waals surface area contributed by atoms with Gasteiger partial charge in [0.15, 0.2) is 0 Å². The van der Waals surface area contributed by atoms with Crippen LogP contribution in [0.3, 0.4) is 0 Å². The van der Waals surface area contributed by atoms with E-state index in [1.54, 1.807) is 0 Å². The first kappa shape index (κ1) is 16.4. The Morgan fingerprint density at radius 3 is 2.55 bits per heavy atom. The second kappa shape index (κ2) is 6.44. The Labute approximate surface area is 136 Å². The minimum atomic E-state index is 0.264. The van der Waals surface area contributed by atoms with Crippen LogP contribution >= 0.6 is 35.3 Å². The van der Waals surface area contributed by atoms with Crippen LogP contribution in [0.4, 0.5) is 0 Å². The normalized spacial score (nSPS) is 28.1. The predicted octanol–water partition coefficient (Wildman–Crippen LogP) is 5.89. The highest BCUT2D eigenvalue weighted by atomic mass is 32.2. The molecule has 1 spiro atoms. The molecular formula is C17H24S3. The van der Waals surface area contributed by atoms with E-state index in [2.05, 4.69) is 69.3 Å². The molecule has 1 aliphatic carbocycles. The fraction of sp³-hybridized carbons (Fsp3) is 0.588. The first-order valence-electron chi connectivity index (χ1n) is 7.08. The summed E-state index contributed by atoms with van der Waals surface area (Å²) in [6, 6.07) is 0. The second-order valence-electron chi connectivity index (χ2n) is 6.03. The lowest BCUT2D eigenvalue weighted by molar-refractivity contribution is 0.310. The summed E-state index contributed by atoms with van der Waals surface area (Å²) in [7, 11) is 0.